The van der Waals surface area contributed by atoms with E-state index in [9.17, 15) is 30.0 Å². The lowest BCUT2D eigenvalue weighted by Gasteiger charge is -2.49. The average Bonchev–Trinajstić information content (AvgIpc) is 3.28. The molecule has 0 aliphatic heterocycles. The highest BCUT2D eigenvalue weighted by Crippen LogP contribution is 2.54. The number of aliphatic carboxylic acids is 2. The van der Waals surface area contributed by atoms with Crippen LogP contribution in [0.5, 0.6) is 11.5 Å². The quantitative estimate of drug-likeness (QED) is 0.0507. The SMILES string of the molecule is CCCCCCCCCCCCCCCCCCC(c1cc(C)c(O)c(C(C)(C)C)c1)C(C(=O)[O-])(C(=O)[O-])C(CCCCCCCCCCCCCCCCCC)c1cc(C)c(O)c(C(C)(C)C)c1. The molecule has 69 heavy (non-hydrogen) atoms. The van der Waals surface area contributed by atoms with Gasteiger partial charge in [0.15, 0.2) is 0 Å². The van der Waals surface area contributed by atoms with E-state index in [0.29, 0.717) is 59.1 Å². The van der Waals surface area contributed by atoms with Gasteiger partial charge < -0.3 is 30.0 Å². The summed E-state index contributed by atoms with van der Waals surface area (Å²) < 4.78 is 0. The van der Waals surface area contributed by atoms with Gasteiger partial charge in [-0.15, -0.1) is 0 Å². The van der Waals surface area contributed by atoms with Crippen LogP contribution >= 0.6 is 0 Å². The van der Waals surface area contributed by atoms with Crippen molar-refractivity contribution in [3.05, 3.63) is 57.6 Å². The van der Waals surface area contributed by atoms with Gasteiger partial charge in [-0.1, -0.05) is 285 Å². The summed E-state index contributed by atoms with van der Waals surface area (Å²) >= 11 is 0. The molecule has 396 valence electrons. The maximum Gasteiger partial charge on any atom is 0.122 e. The Morgan fingerprint density at radius 2 is 0.623 bits per heavy atom. The molecule has 2 atom stereocenters. The van der Waals surface area contributed by atoms with Crippen LogP contribution < -0.4 is 10.2 Å². The van der Waals surface area contributed by atoms with E-state index < -0.39 is 40.0 Å². The van der Waals surface area contributed by atoms with Crippen LogP contribution in [0.25, 0.3) is 0 Å². The van der Waals surface area contributed by atoms with Crippen LogP contribution in [0.15, 0.2) is 24.3 Å². The Kier molecular flexibility index (Phi) is 30.2. The van der Waals surface area contributed by atoms with Gasteiger partial charge >= 0.3 is 0 Å². The minimum absolute atomic E-state index is 0.147. The molecule has 0 aliphatic rings. The van der Waals surface area contributed by atoms with Crippen molar-refractivity contribution in [1.29, 1.82) is 0 Å². The molecule has 0 saturated heterocycles. The van der Waals surface area contributed by atoms with Crippen LogP contribution in [0, 0.1) is 19.3 Å². The van der Waals surface area contributed by atoms with Gasteiger partial charge in [0.05, 0.1) is 17.4 Å². The Morgan fingerprint density at radius 1 is 0.406 bits per heavy atom. The average molecular weight is 960 g/mol. The number of benzene rings is 2. The third-order valence-electron chi connectivity index (χ3n) is 15.5. The van der Waals surface area contributed by atoms with Gasteiger partial charge in [0.25, 0.3) is 0 Å². The number of carboxylic acid groups (broad SMARTS) is 2. The maximum atomic E-state index is 14.3. The van der Waals surface area contributed by atoms with Crippen LogP contribution in [0.2, 0.25) is 0 Å². The molecule has 0 aromatic heterocycles. The molecule has 0 spiro atoms. The Hall–Kier alpha value is -3.02. The third kappa shape index (κ3) is 21.7. The maximum absolute atomic E-state index is 14.3. The second kappa shape index (κ2) is 33.6. The van der Waals surface area contributed by atoms with Crippen molar-refractivity contribution in [2.24, 2.45) is 5.41 Å². The van der Waals surface area contributed by atoms with Crippen molar-refractivity contribution in [2.45, 2.75) is 310 Å². The molecular formula is C63H106O6-2. The molecule has 6 nitrogen and oxygen atoms in total. The van der Waals surface area contributed by atoms with Gasteiger partial charge in [0, 0.05) is 11.8 Å². The van der Waals surface area contributed by atoms with Crippen LogP contribution in [0.4, 0.5) is 0 Å². The summed E-state index contributed by atoms with van der Waals surface area (Å²) in [5.74, 6) is -4.94. The number of carbonyl (C=O) groups is 2. The summed E-state index contributed by atoms with van der Waals surface area (Å²) in [6, 6.07) is 7.32. The molecule has 0 aliphatic carbocycles. The normalized spacial score (nSPS) is 13.2. The molecule has 0 saturated carbocycles. The lowest BCUT2D eigenvalue weighted by atomic mass is 9.58. The Bertz CT molecular complexity index is 1590. The van der Waals surface area contributed by atoms with Crippen LogP contribution in [0.1, 0.15) is 319 Å². The standard InChI is InChI=1S/C63H108O6/c1-11-13-15-17-19-21-23-25-27-29-31-33-35-37-39-41-43-53(51-45-49(3)57(64)55(47-51)61(5,6)7)63(59(66)67,60(68)69)54(52-46-50(4)58(65)56(48-52)62(8,9)10)44-42-40-38-36-34-32-30-28-26-24-22-20-18-16-14-12-2/h45-48,53-54,64-65H,11-44H2,1-10H3,(H,66,67)(H,68,69)/p-2. The minimum Gasteiger partial charge on any atom is -0.549 e. The van der Waals surface area contributed by atoms with Crippen LogP contribution in [0.3, 0.4) is 0 Å². The summed E-state index contributed by atoms with van der Waals surface area (Å²) in [5, 5.41) is 51.3. The molecule has 0 bridgehead atoms. The topological polar surface area (TPSA) is 121 Å². The lowest BCUT2D eigenvalue weighted by molar-refractivity contribution is -0.347. The van der Waals surface area contributed by atoms with Gasteiger partial charge in [-0.2, -0.15) is 0 Å². The molecule has 0 radical (unpaired) electrons. The number of hydrogen-bond acceptors (Lipinski definition) is 6. The van der Waals surface area contributed by atoms with Crippen molar-refractivity contribution in [2.75, 3.05) is 0 Å². The van der Waals surface area contributed by atoms with E-state index >= 15 is 0 Å². The molecule has 0 amide bonds. The number of carboxylic acids is 2. The largest absolute Gasteiger partial charge is 0.549 e. The zero-order chi connectivity index (χ0) is 51.3. The molecule has 2 aromatic carbocycles. The first kappa shape index (κ1) is 62.1. The second-order valence-electron chi connectivity index (χ2n) is 23.7. The summed E-state index contributed by atoms with van der Waals surface area (Å²) in [5.41, 5.74) is 0.267. The fourth-order valence-corrected chi connectivity index (χ4v) is 11.2. The Morgan fingerprint density at radius 3 is 0.826 bits per heavy atom. The molecule has 0 fully saturated rings. The van der Waals surface area contributed by atoms with Gasteiger partial charge in [-0.3, -0.25) is 0 Å². The first-order valence-electron chi connectivity index (χ1n) is 29.0. The molecular weight excluding hydrogens is 853 g/mol. The number of aromatic hydroxyl groups is 2. The van der Waals surface area contributed by atoms with E-state index in [1.807, 2.05) is 67.5 Å². The van der Waals surface area contributed by atoms with Crippen LogP contribution in [-0.4, -0.2) is 22.2 Å². The van der Waals surface area contributed by atoms with Crippen molar-refractivity contribution in [3.8, 4) is 11.5 Å². The van der Waals surface area contributed by atoms with Gasteiger partial charge in [-0.25, -0.2) is 0 Å². The van der Waals surface area contributed by atoms with E-state index in [1.165, 1.54) is 154 Å². The zero-order valence-electron chi connectivity index (χ0n) is 46.5. The highest BCUT2D eigenvalue weighted by Gasteiger charge is 2.50. The van der Waals surface area contributed by atoms with Crippen molar-refractivity contribution >= 4 is 11.9 Å². The summed E-state index contributed by atoms with van der Waals surface area (Å²) in [7, 11) is 0. The molecule has 2 N–H and O–H groups in total. The minimum atomic E-state index is -2.43. The number of hydrogen-bond donors (Lipinski definition) is 2. The Labute approximate surface area is 425 Å². The first-order chi connectivity index (χ1) is 32.8. The van der Waals surface area contributed by atoms with E-state index in [-0.39, 0.29) is 11.5 Å². The molecule has 2 aromatic rings. The van der Waals surface area contributed by atoms with E-state index in [2.05, 4.69) is 13.8 Å². The third-order valence-corrected chi connectivity index (χ3v) is 15.5. The fraction of sp³-hybridized carbons (Fsp3) is 0.778. The lowest BCUT2D eigenvalue weighted by Crippen LogP contribution is -2.60. The number of aryl methyl sites for hydroxylation is 2. The highest BCUT2D eigenvalue weighted by atomic mass is 16.4. The summed E-state index contributed by atoms with van der Waals surface area (Å²) in [6.45, 7) is 20.2. The van der Waals surface area contributed by atoms with Gasteiger partial charge in [-0.05, 0) is 70.9 Å². The van der Waals surface area contributed by atoms with Gasteiger partial charge in [0.2, 0.25) is 0 Å². The first-order valence-corrected chi connectivity index (χ1v) is 29.0. The number of rotatable bonds is 40. The predicted octanol–water partition coefficient (Wildman–Crippen LogP) is 17.0. The second-order valence-corrected chi connectivity index (χ2v) is 23.7. The van der Waals surface area contributed by atoms with Crippen molar-refractivity contribution in [3.63, 3.8) is 0 Å². The monoisotopic (exact) mass is 959 g/mol. The molecule has 0 heterocycles. The predicted molar refractivity (Wildman–Crippen MR) is 289 cm³/mol. The number of carbonyl (C=O) groups excluding carboxylic acids is 2. The smallest absolute Gasteiger partial charge is 0.122 e. The van der Waals surface area contributed by atoms with Crippen molar-refractivity contribution in [1.82, 2.24) is 0 Å². The summed E-state index contributed by atoms with van der Waals surface area (Å²) in [6.07, 6.45) is 39.4. The molecule has 6 heteroatoms. The van der Waals surface area contributed by atoms with E-state index in [1.54, 1.807) is 12.1 Å². The van der Waals surface area contributed by atoms with Crippen molar-refractivity contribution < 1.29 is 30.0 Å². The fourth-order valence-electron chi connectivity index (χ4n) is 11.2. The zero-order valence-corrected chi connectivity index (χ0v) is 46.5. The number of phenols is 2. The number of phenolic OH excluding ortho intramolecular Hbond substituents is 2. The van der Waals surface area contributed by atoms with Crippen LogP contribution in [-0.2, 0) is 20.4 Å². The molecule has 2 rings (SSSR count). The summed E-state index contributed by atoms with van der Waals surface area (Å²) in [4.78, 5) is 28.5. The molecule has 2 unspecified atom stereocenters. The Balaban J connectivity index is 2.37. The van der Waals surface area contributed by atoms with E-state index in [0.717, 1.165) is 38.5 Å². The van der Waals surface area contributed by atoms with E-state index in [4.69, 9.17) is 0 Å². The number of unbranched alkanes of at least 4 members (excludes halogenated alkanes) is 30. The highest BCUT2D eigenvalue weighted by molar-refractivity contribution is 5.99. The van der Waals surface area contributed by atoms with Gasteiger partial charge in [0.1, 0.15) is 11.5 Å².